The van der Waals surface area contributed by atoms with E-state index in [1.807, 2.05) is 6.07 Å². The zero-order chi connectivity index (χ0) is 9.42. The largest absolute Gasteiger partial charge is 0.294 e. The minimum atomic E-state index is 0.105. The Morgan fingerprint density at radius 1 is 1.54 bits per heavy atom. The Balaban J connectivity index is 2.75. The lowest BCUT2D eigenvalue weighted by atomic mass is 10.3. The van der Waals surface area contributed by atoms with Crippen LogP contribution in [-0.4, -0.2) is 10.8 Å². The zero-order valence-electron chi connectivity index (χ0n) is 6.87. The minimum Gasteiger partial charge on any atom is -0.294 e. The van der Waals surface area contributed by atoms with Gasteiger partial charge in [-0.25, -0.2) is 0 Å². The van der Waals surface area contributed by atoms with Crippen molar-refractivity contribution in [3.63, 3.8) is 0 Å². The Bertz CT molecular complexity index is 477. The molecule has 0 amide bonds. The number of carbonyl (C=O) groups is 1. The van der Waals surface area contributed by atoms with Crippen molar-refractivity contribution in [2.45, 2.75) is 6.92 Å². The van der Waals surface area contributed by atoms with Crippen LogP contribution in [0, 0.1) is 0 Å². The third-order valence-corrected chi connectivity index (χ3v) is 3.87. The molecule has 0 N–H and O–H groups in total. The lowest BCUT2D eigenvalue weighted by Crippen LogP contribution is -1.83. The van der Waals surface area contributed by atoms with Crippen LogP contribution in [-0.2, 0) is 0 Å². The number of nitrogens with zero attached hydrogens (tertiary/aromatic N) is 1. The summed E-state index contributed by atoms with van der Waals surface area (Å²) in [4.78, 5) is 15.9. The second kappa shape index (κ2) is 3.20. The molecular formula is C9H6BrNOS. The van der Waals surface area contributed by atoms with Gasteiger partial charge in [-0.05, 0) is 28.9 Å². The van der Waals surface area contributed by atoms with E-state index in [1.54, 1.807) is 19.3 Å². The Morgan fingerprint density at radius 2 is 2.31 bits per heavy atom. The number of halogens is 1. The van der Waals surface area contributed by atoms with Crippen molar-refractivity contribution in [3.8, 4) is 0 Å². The number of Topliss-reactive ketones (excluding diaryl/α,β-unsaturated/α-hetero) is 1. The SMILES string of the molecule is CC(=O)c1cc2cncc(Br)c2s1. The van der Waals surface area contributed by atoms with Gasteiger partial charge in [0.05, 0.1) is 14.0 Å². The van der Waals surface area contributed by atoms with E-state index in [0.29, 0.717) is 0 Å². The van der Waals surface area contributed by atoms with E-state index in [-0.39, 0.29) is 5.78 Å². The van der Waals surface area contributed by atoms with Crippen molar-refractivity contribution < 1.29 is 4.79 Å². The Labute approximate surface area is 87.7 Å². The van der Waals surface area contributed by atoms with E-state index in [2.05, 4.69) is 20.9 Å². The van der Waals surface area contributed by atoms with Gasteiger partial charge in [0, 0.05) is 17.8 Å². The molecule has 0 radical (unpaired) electrons. The molecule has 0 aliphatic heterocycles. The molecule has 4 heteroatoms. The number of hydrogen-bond acceptors (Lipinski definition) is 3. The average molecular weight is 256 g/mol. The van der Waals surface area contributed by atoms with Crippen molar-refractivity contribution in [3.05, 3.63) is 27.8 Å². The Kier molecular flexibility index (Phi) is 2.17. The normalized spacial score (nSPS) is 10.6. The van der Waals surface area contributed by atoms with E-state index in [0.717, 1.165) is 19.4 Å². The summed E-state index contributed by atoms with van der Waals surface area (Å²) < 4.78 is 2.03. The molecule has 0 atom stereocenters. The molecule has 2 aromatic rings. The van der Waals surface area contributed by atoms with Gasteiger partial charge in [-0.3, -0.25) is 9.78 Å². The lowest BCUT2D eigenvalue weighted by molar-refractivity contribution is 0.102. The van der Waals surface area contributed by atoms with Crippen LogP contribution in [0.25, 0.3) is 10.1 Å². The summed E-state index contributed by atoms with van der Waals surface area (Å²) in [7, 11) is 0. The zero-order valence-corrected chi connectivity index (χ0v) is 9.28. The first-order valence-corrected chi connectivity index (χ1v) is 5.33. The number of ketones is 1. The summed E-state index contributed by atoms with van der Waals surface area (Å²) >= 11 is 4.89. The number of hydrogen-bond donors (Lipinski definition) is 0. The van der Waals surface area contributed by atoms with Crippen LogP contribution in [0.3, 0.4) is 0 Å². The summed E-state index contributed by atoms with van der Waals surface area (Å²) in [6.07, 6.45) is 3.51. The maximum Gasteiger partial charge on any atom is 0.169 e. The molecule has 0 aliphatic rings. The quantitative estimate of drug-likeness (QED) is 0.733. The molecule has 0 spiro atoms. The molecular weight excluding hydrogens is 250 g/mol. The highest BCUT2D eigenvalue weighted by atomic mass is 79.9. The fraction of sp³-hybridized carbons (Fsp3) is 0.111. The summed E-state index contributed by atoms with van der Waals surface area (Å²) in [5.41, 5.74) is 0. The smallest absolute Gasteiger partial charge is 0.169 e. The van der Waals surface area contributed by atoms with Crippen LogP contribution in [0.1, 0.15) is 16.6 Å². The number of fused-ring (bicyclic) bond motifs is 1. The van der Waals surface area contributed by atoms with Crippen LogP contribution in [0.2, 0.25) is 0 Å². The number of pyridine rings is 1. The van der Waals surface area contributed by atoms with Gasteiger partial charge in [-0.2, -0.15) is 0 Å². The van der Waals surface area contributed by atoms with Crippen LogP contribution in [0.5, 0.6) is 0 Å². The lowest BCUT2D eigenvalue weighted by Gasteiger charge is -1.89. The monoisotopic (exact) mass is 255 g/mol. The topological polar surface area (TPSA) is 30.0 Å². The number of aromatic nitrogens is 1. The molecule has 0 unspecified atom stereocenters. The predicted molar refractivity (Wildman–Crippen MR) is 57.3 cm³/mol. The van der Waals surface area contributed by atoms with Crippen LogP contribution in [0.4, 0.5) is 0 Å². The van der Waals surface area contributed by atoms with Gasteiger partial charge in [-0.1, -0.05) is 0 Å². The first kappa shape index (κ1) is 8.84. The summed E-state index contributed by atoms with van der Waals surface area (Å²) in [5.74, 6) is 0.105. The van der Waals surface area contributed by atoms with Gasteiger partial charge in [0.15, 0.2) is 5.78 Å². The third-order valence-electron chi connectivity index (χ3n) is 1.73. The van der Waals surface area contributed by atoms with Gasteiger partial charge in [-0.15, -0.1) is 11.3 Å². The predicted octanol–water partition coefficient (Wildman–Crippen LogP) is 3.26. The molecule has 2 aromatic heterocycles. The summed E-state index contributed by atoms with van der Waals surface area (Å²) in [5, 5.41) is 1.02. The van der Waals surface area contributed by atoms with Crippen LogP contribution in [0.15, 0.2) is 22.9 Å². The molecule has 0 aromatic carbocycles. The van der Waals surface area contributed by atoms with Crippen LogP contribution < -0.4 is 0 Å². The first-order valence-electron chi connectivity index (χ1n) is 3.72. The van der Waals surface area contributed by atoms with E-state index >= 15 is 0 Å². The van der Waals surface area contributed by atoms with Crippen LogP contribution >= 0.6 is 27.3 Å². The van der Waals surface area contributed by atoms with Crippen molar-refractivity contribution in [2.24, 2.45) is 0 Å². The van der Waals surface area contributed by atoms with E-state index in [4.69, 9.17) is 0 Å². The molecule has 0 saturated carbocycles. The van der Waals surface area contributed by atoms with E-state index in [9.17, 15) is 4.79 Å². The number of thiophene rings is 1. The highest BCUT2D eigenvalue weighted by molar-refractivity contribution is 9.10. The summed E-state index contributed by atoms with van der Waals surface area (Å²) in [6.45, 7) is 1.58. The first-order chi connectivity index (χ1) is 6.18. The van der Waals surface area contributed by atoms with Crippen molar-refractivity contribution >= 4 is 43.1 Å². The molecule has 0 aliphatic carbocycles. The Morgan fingerprint density at radius 3 is 2.92 bits per heavy atom. The molecule has 2 nitrogen and oxygen atoms in total. The van der Waals surface area contributed by atoms with Gasteiger partial charge < -0.3 is 0 Å². The minimum absolute atomic E-state index is 0.105. The number of carbonyl (C=O) groups excluding carboxylic acids is 1. The van der Waals surface area contributed by atoms with Crippen molar-refractivity contribution in [1.29, 1.82) is 0 Å². The molecule has 0 bridgehead atoms. The maximum absolute atomic E-state index is 11.1. The third kappa shape index (κ3) is 1.51. The molecule has 66 valence electrons. The highest BCUT2D eigenvalue weighted by Crippen LogP contribution is 2.31. The molecule has 2 rings (SSSR count). The molecule has 0 fully saturated rings. The molecule has 0 saturated heterocycles. The molecule has 2 heterocycles. The van der Waals surface area contributed by atoms with Gasteiger partial charge >= 0.3 is 0 Å². The number of rotatable bonds is 1. The Hall–Kier alpha value is -0.740. The van der Waals surface area contributed by atoms with E-state index in [1.165, 1.54) is 11.3 Å². The highest BCUT2D eigenvalue weighted by Gasteiger charge is 2.07. The average Bonchev–Trinajstić information content (AvgIpc) is 2.49. The van der Waals surface area contributed by atoms with Gasteiger partial charge in [0.25, 0.3) is 0 Å². The fourth-order valence-corrected chi connectivity index (χ4v) is 2.62. The standard InChI is InChI=1S/C9H6BrNOS/c1-5(12)8-2-6-3-11-4-7(10)9(6)13-8/h2-4H,1H3. The van der Waals surface area contributed by atoms with E-state index < -0.39 is 0 Å². The van der Waals surface area contributed by atoms with Crippen molar-refractivity contribution in [2.75, 3.05) is 0 Å². The van der Waals surface area contributed by atoms with Crippen molar-refractivity contribution in [1.82, 2.24) is 4.98 Å². The second-order valence-corrected chi connectivity index (χ2v) is 4.61. The maximum atomic E-state index is 11.1. The summed E-state index contributed by atoms with van der Waals surface area (Å²) in [6, 6.07) is 1.88. The second-order valence-electron chi connectivity index (χ2n) is 2.71. The van der Waals surface area contributed by atoms with Gasteiger partial charge in [0.2, 0.25) is 0 Å². The molecule has 13 heavy (non-hydrogen) atoms. The fourth-order valence-electron chi connectivity index (χ4n) is 1.10. The van der Waals surface area contributed by atoms with Gasteiger partial charge in [0.1, 0.15) is 0 Å².